The number of hydrogen-bond acceptors (Lipinski definition) is 4. The SMILES string of the molecule is COc1ccc2c(c1)c(OC(=O)O)c(O)c1c(C)cccc12. The fraction of sp³-hybridized carbons (Fsp3) is 0.118. The minimum absolute atomic E-state index is 0.0804. The maximum Gasteiger partial charge on any atom is 0.511 e. The minimum atomic E-state index is -1.48. The summed E-state index contributed by atoms with van der Waals surface area (Å²) in [5.74, 6) is 0.286. The largest absolute Gasteiger partial charge is 0.511 e. The maximum absolute atomic E-state index is 11.0. The number of aromatic hydroxyl groups is 1. The van der Waals surface area contributed by atoms with Crippen molar-refractivity contribution in [2.24, 2.45) is 0 Å². The Labute approximate surface area is 126 Å². The molecule has 0 aliphatic rings. The third-order valence-corrected chi connectivity index (χ3v) is 3.68. The molecule has 5 heteroatoms. The van der Waals surface area contributed by atoms with Crippen LogP contribution in [0.1, 0.15) is 5.56 Å². The van der Waals surface area contributed by atoms with Crippen LogP contribution in [-0.2, 0) is 0 Å². The maximum atomic E-state index is 11.0. The molecule has 5 nitrogen and oxygen atoms in total. The lowest BCUT2D eigenvalue weighted by atomic mass is 9.97. The predicted octanol–water partition coefficient (Wildman–Crippen LogP) is 4.07. The molecule has 0 aromatic heterocycles. The predicted molar refractivity (Wildman–Crippen MR) is 83.1 cm³/mol. The number of aryl methyl sites for hydroxylation is 1. The second-order valence-corrected chi connectivity index (χ2v) is 4.95. The molecule has 0 amide bonds. The first-order chi connectivity index (χ1) is 10.5. The summed E-state index contributed by atoms with van der Waals surface area (Å²) < 4.78 is 10.0. The lowest BCUT2D eigenvalue weighted by Crippen LogP contribution is -2.04. The molecule has 112 valence electrons. The number of hydrogen-bond donors (Lipinski definition) is 2. The van der Waals surface area contributed by atoms with Crippen molar-refractivity contribution in [3.8, 4) is 17.2 Å². The van der Waals surface area contributed by atoms with Crippen molar-refractivity contribution < 1.29 is 24.5 Å². The Bertz CT molecular complexity index is 899. The first kappa shape index (κ1) is 14.0. The van der Waals surface area contributed by atoms with E-state index >= 15 is 0 Å². The van der Waals surface area contributed by atoms with Gasteiger partial charge in [-0.1, -0.05) is 18.2 Å². The van der Waals surface area contributed by atoms with Crippen molar-refractivity contribution in [2.75, 3.05) is 7.11 Å². The average Bonchev–Trinajstić information content (AvgIpc) is 2.50. The Hall–Kier alpha value is -2.95. The molecule has 3 aromatic rings. The first-order valence-corrected chi connectivity index (χ1v) is 6.65. The molecule has 0 aliphatic heterocycles. The van der Waals surface area contributed by atoms with Gasteiger partial charge >= 0.3 is 6.16 Å². The van der Waals surface area contributed by atoms with Crippen LogP contribution < -0.4 is 9.47 Å². The third-order valence-electron chi connectivity index (χ3n) is 3.68. The quantitative estimate of drug-likeness (QED) is 0.423. The van der Waals surface area contributed by atoms with E-state index in [0.29, 0.717) is 16.5 Å². The molecule has 22 heavy (non-hydrogen) atoms. The molecule has 0 heterocycles. The number of benzene rings is 3. The van der Waals surface area contributed by atoms with Crippen molar-refractivity contribution in [1.82, 2.24) is 0 Å². The fourth-order valence-electron chi connectivity index (χ4n) is 2.71. The fourth-order valence-corrected chi connectivity index (χ4v) is 2.71. The van der Waals surface area contributed by atoms with Gasteiger partial charge in [0.25, 0.3) is 0 Å². The van der Waals surface area contributed by atoms with Gasteiger partial charge in [-0.2, -0.15) is 0 Å². The van der Waals surface area contributed by atoms with Gasteiger partial charge < -0.3 is 19.7 Å². The van der Waals surface area contributed by atoms with E-state index in [4.69, 9.17) is 14.6 Å². The van der Waals surface area contributed by atoms with Gasteiger partial charge in [-0.25, -0.2) is 4.79 Å². The Morgan fingerprint density at radius 1 is 1.09 bits per heavy atom. The number of rotatable bonds is 2. The summed E-state index contributed by atoms with van der Waals surface area (Å²) in [5, 5.41) is 22.1. The summed E-state index contributed by atoms with van der Waals surface area (Å²) in [4.78, 5) is 11.0. The van der Waals surface area contributed by atoms with Gasteiger partial charge in [0.15, 0.2) is 11.5 Å². The molecule has 3 aromatic carbocycles. The number of carbonyl (C=O) groups is 1. The highest BCUT2D eigenvalue weighted by Gasteiger charge is 2.19. The Kier molecular flexibility index (Phi) is 3.25. The van der Waals surface area contributed by atoms with Crippen LogP contribution in [-0.4, -0.2) is 23.5 Å². The first-order valence-electron chi connectivity index (χ1n) is 6.65. The van der Waals surface area contributed by atoms with Crippen molar-refractivity contribution in [3.05, 3.63) is 42.0 Å². The highest BCUT2D eigenvalue weighted by molar-refractivity contribution is 6.15. The lowest BCUT2D eigenvalue weighted by molar-refractivity contribution is 0.143. The van der Waals surface area contributed by atoms with Gasteiger partial charge in [0, 0.05) is 10.8 Å². The van der Waals surface area contributed by atoms with E-state index in [9.17, 15) is 9.90 Å². The Balaban J connectivity index is 2.52. The van der Waals surface area contributed by atoms with Crippen molar-refractivity contribution in [2.45, 2.75) is 6.92 Å². The number of phenols is 1. The summed E-state index contributed by atoms with van der Waals surface area (Å²) in [5.41, 5.74) is 0.836. The number of ether oxygens (including phenoxy) is 2. The van der Waals surface area contributed by atoms with Crippen LogP contribution in [0.15, 0.2) is 36.4 Å². The zero-order valence-corrected chi connectivity index (χ0v) is 12.1. The van der Waals surface area contributed by atoms with Crippen LogP contribution >= 0.6 is 0 Å². The molecule has 0 saturated carbocycles. The number of fused-ring (bicyclic) bond motifs is 3. The van der Waals surface area contributed by atoms with E-state index < -0.39 is 6.16 Å². The van der Waals surface area contributed by atoms with E-state index in [0.717, 1.165) is 16.3 Å². The smallest absolute Gasteiger partial charge is 0.504 e. The van der Waals surface area contributed by atoms with Crippen molar-refractivity contribution in [3.63, 3.8) is 0 Å². The average molecular weight is 298 g/mol. The summed E-state index contributed by atoms with van der Waals surface area (Å²) in [6.07, 6.45) is -1.48. The molecule has 0 atom stereocenters. The summed E-state index contributed by atoms with van der Waals surface area (Å²) in [7, 11) is 1.52. The number of phenolic OH excluding ortho intramolecular Hbond substituents is 1. The van der Waals surface area contributed by atoms with Gasteiger partial charge in [-0.05, 0) is 41.5 Å². The van der Waals surface area contributed by atoms with E-state index in [-0.39, 0.29) is 11.5 Å². The Morgan fingerprint density at radius 2 is 1.86 bits per heavy atom. The normalized spacial score (nSPS) is 10.8. The lowest BCUT2D eigenvalue weighted by Gasteiger charge is -2.14. The molecular formula is C17H14O5. The van der Waals surface area contributed by atoms with Gasteiger partial charge in [0.05, 0.1) is 7.11 Å². The van der Waals surface area contributed by atoms with Crippen LogP contribution in [0.25, 0.3) is 21.5 Å². The Morgan fingerprint density at radius 3 is 2.55 bits per heavy atom. The zero-order valence-electron chi connectivity index (χ0n) is 12.1. The van der Waals surface area contributed by atoms with E-state index in [2.05, 4.69) is 0 Å². The molecule has 2 N–H and O–H groups in total. The molecule has 0 bridgehead atoms. The molecule has 0 fully saturated rings. The molecule has 0 radical (unpaired) electrons. The molecule has 0 spiro atoms. The van der Waals surface area contributed by atoms with Gasteiger partial charge in [-0.15, -0.1) is 0 Å². The monoisotopic (exact) mass is 298 g/mol. The molecular weight excluding hydrogens is 284 g/mol. The zero-order chi connectivity index (χ0) is 15.9. The van der Waals surface area contributed by atoms with Gasteiger partial charge in [-0.3, -0.25) is 0 Å². The molecule has 0 saturated heterocycles. The molecule has 3 rings (SSSR count). The van der Waals surface area contributed by atoms with E-state index in [1.54, 1.807) is 12.1 Å². The summed E-state index contributed by atoms with van der Waals surface area (Å²) >= 11 is 0. The highest BCUT2D eigenvalue weighted by atomic mass is 16.7. The van der Waals surface area contributed by atoms with E-state index in [1.165, 1.54) is 7.11 Å². The second-order valence-electron chi connectivity index (χ2n) is 4.95. The van der Waals surface area contributed by atoms with Gasteiger partial charge in [0.1, 0.15) is 5.75 Å². The van der Waals surface area contributed by atoms with E-state index in [1.807, 2.05) is 31.2 Å². The highest BCUT2D eigenvalue weighted by Crippen LogP contribution is 2.45. The molecule has 0 aliphatic carbocycles. The van der Waals surface area contributed by atoms with Crippen molar-refractivity contribution in [1.29, 1.82) is 0 Å². The van der Waals surface area contributed by atoms with Crippen molar-refractivity contribution >= 4 is 27.7 Å². The number of methoxy groups -OCH3 is 1. The van der Waals surface area contributed by atoms with Gasteiger partial charge in [0.2, 0.25) is 0 Å². The minimum Gasteiger partial charge on any atom is -0.504 e. The van der Waals surface area contributed by atoms with Crippen LogP contribution in [0, 0.1) is 6.92 Å². The molecule has 0 unspecified atom stereocenters. The summed E-state index contributed by atoms with van der Waals surface area (Å²) in [6, 6.07) is 10.9. The third kappa shape index (κ3) is 2.07. The topological polar surface area (TPSA) is 76.0 Å². The van der Waals surface area contributed by atoms with Crippen LogP contribution in [0.3, 0.4) is 0 Å². The second kappa shape index (κ2) is 5.11. The standard InChI is InChI=1S/C17H14O5/c1-9-4-3-5-12-11-7-6-10(21-2)8-13(11)16(22-17(19)20)15(18)14(9)12/h3-8,18H,1-2H3,(H,19,20). The number of carboxylic acid groups (broad SMARTS) is 1. The van der Waals surface area contributed by atoms with Crippen LogP contribution in [0.2, 0.25) is 0 Å². The summed E-state index contributed by atoms with van der Waals surface area (Å²) in [6.45, 7) is 1.85. The van der Waals surface area contributed by atoms with Crippen LogP contribution in [0.5, 0.6) is 17.2 Å². The van der Waals surface area contributed by atoms with Crippen LogP contribution in [0.4, 0.5) is 4.79 Å².